The number of nitrogens with zero attached hydrogens (tertiary/aromatic N) is 4. The SMILES string of the molecule is C[C@@H](c1ccccn1)N(C)C(=O)c1cc(CN2CCC(Cc3ccccc3)CC2)on1. The molecule has 0 N–H and O–H groups in total. The largest absolute Gasteiger partial charge is 0.359 e. The number of piperidine rings is 1. The van der Waals surface area contributed by atoms with Gasteiger partial charge in [0.15, 0.2) is 11.5 Å². The van der Waals surface area contributed by atoms with E-state index in [-0.39, 0.29) is 11.9 Å². The molecule has 0 saturated carbocycles. The first-order valence-electron chi connectivity index (χ1n) is 11.0. The number of carbonyl (C=O) groups is 1. The second kappa shape index (κ2) is 9.88. The Bertz CT molecular complexity index is 965. The minimum absolute atomic E-state index is 0.141. The number of rotatable bonds is 7. The zero-order chi connectivity index (χ0) is 21.6. The highest BCUT2D eigenvalue weighted by Gasteiger charge is 2.24. The van der Waals surface area contributed by atoms with E-state index in [9.17, 15) is 4.79 Å². The zero-order valence-corrected chi connectivity index (χ0v) is 18.3. The summed E-state index contributed by atoms with van der Waals surface area (Å²) >= 11 is 0. The van der Waals surface area contributed by atoms with Crippen LogP contribution in [0.4, 0.5) is 0 Å². The first-order chi connectivity index (χ1) is 15.1. The fourth-order valence-electron chi connectivity index (χ4n) is 4.18. The molecule has 3 aromatic rings. The van der Waals surface area contributed by atoms with Crippen LogP contribution in [0.2, 0.25) is 0 Å². The van der Waals surface area contributed by atoms with E-state index in [2.05, 4.69) is 45.4 Å². The second-order valence-electron chi connectivity index (χ2n) is 8.43. The van der Waals surface area contributed by atoms with Crippen molar-refractivity contribution in [3.63, 3.8) is 0 Å². The van der Waals surface area contributed by atoms with Gasteiger partial charge in [0.1, 0.15) is 0 Å². The number of hydrogen-bond donors (Lipinski definition) is 0. The van der Waals surface area contributed by atoms with Gasteiger partial charge >= 0.3 is 0 Å². The normalized spacial score (nSPS) is 16.2. The van der Waals surface area contributed by atoms with E-state index in [1.807, 2.05) is 25.1 Å². The average Bonchev–Trinajstić information content (AvgIpc) is 3.28. The number of pyridine rings is 1. The summed E-state index contributed by atoms with van der Waals surface area (Å²) in [5.41, 5.74) is 2.61. The lowest BCUT2D eigenvalue weighted by atomic mass is 9.90. The van der Waals surface area contributed by atoms with Crippen LogP contribution in [-0.4, -0.2) is 46.0 Å². The summed E-state index contributed by atoms with van der Waals surface area (Å²) in [5.74, 6) is 1.31. The molecule has 1 saturated heterocycles. The van der Waals surface area contributed by atoms with Crippen LogP contribution in [0.15, 0.2) is 65.3 Å². The summed E-state index contributed by atoms with van der Waals surface area (Å²) in [6.07, 6.45) is 5.25. The summed E-state index contributed by atoms with van der Waals surface area (Å²) in [7, 11) is 1.77. The average molecular weight is 419 g/mol. The van der Waals surface area contributed by atoms with Crippen molar-refractivity contribution in [1.82, 2.24) is 19.9 Å². The van der Waals surface area contributed by atoms with E-state index in [0.717, 1.165) is 36.9 Å². The molecule has 1 fully saturated rings. The van der Waals surface area contributed by atoms with Crippen LogP contribution >= 0.6 is 0 Å². The van der Waals surface area contributed by atoms with Gasteiger partial charge in [0.2, 0.25) is 0 Å². The third-order valence-corrected chi connectivity index (χ3v) is 6.25. The molecule has 2 aromatic heterocycles. The van der Waals surface area contributed by atoms with Gasteiger partial charge in [0.25, 0.3) is 5.91 Å². The van der Waals surface area contributed by atoms with Gasteiger partial charge in [0.05, 0.1) is 18.3 Å². The van der Waals surface area contributed by atoms with Gasteiger partial charge in [-0.25, -0.2) is 0 Å². The molecule has 6 heteroatoms. The number of benzene rings is 1. The zero-order valence-electron chi connectivity index (χ0n) is 18.3. The van der Waals surface area contributed by atoms with Crippen molar-refractivity contribution in [1.29, 1.82) is 0 Å². The molecule has 0 aliphatic carbocycles. The van der Waals surface area contributed by atoms with Crippen molar-refractivity contribution in [2.24, 2.45) is 5.92 Å². The summed E-state index contributed by atoms with van der Waals surface area (Å²) in [6, 6.07) is 18.1. The fourth-order valence-corrected chi connectivity index (χ4v) is 4.18. The van der Waals surface area contributed by atoms with Crippen LogP contribution in [0.5, 0.6) is 0 Å². The molecule has 0 radical (unpaired) electrons. The van der Waals surface area contributed by atoms with Crippen molar-refractivity contribution in [3.05, 3.63) is 83.5 Å². The minimum Gasteiger partial charge on any atom is -0.359 e. The topological polar surface area (TPSA) is 62.5 Å². The highest BCUT2D eigenvalue weighted by Crippen LogP contribution is 2.23. The van der Waals surface area contributed by atoms with E-state index in [1.54, 1.807) is 24.2 Å². The lowest BCUT2D eigenvalue weighted by Crippen LogP contribution is -2.33. The number of carbonyl (C=O) groups excluding carboxylic acids is 1. The van der Waals surface area contributed by atoms with Crippen molar-refractivity contribution in [3.8, 4) is 0 Å². The van der Waals surface area contributed by atoms with Gasteiger partial charge in [-0.15, -0.1) is 0 Å². The van der Waals surface area contributed by atoms with Gasteiger partial charge < -0.3 is 9.42 Å². The summed E-state index contributed by atoms with van der Waals surface area (Å²) in [6.45, 7) is 4.73. The quantitative estimate of drug-likeness (QED) is 0.571. The molecule has 0 bridgehead atoms. The molecule has 1 amide bonds. The second-order valence-corrected chi connectivity index (χ2v) is 8.43. The van der Waals surface area contributed by atoms with Gasteiger partial charge in [-0.3, -0.25) is 14.7 Å². The summed E-state index contributed by atoms with van der Waals surface area (Å²) in [4.78, 5) is 21.2. The number of likely N-dealkylation sites (tertiary alicyclic amines) is 1. The van der Waals surface area contributed by atoms with Gasteiger partial charge in [0, 0.05) is 19.3 Å². The molecular formula is C25H30N4O2. The van der Waals surface area contributed by atoms with Gasteiger partial charge in [-0.05, 0) is 62.9 Å². The number of aromatic nitrogens is 2. The Labute approximate surface area is 183 Å². The lowest BCUT2D eigenvalue weighted by molar-refractivity contribution is 0.0729. The predicted octanol–water partition coefficient (Wildman–Crippen LogP) is 4.36. The maximum Gasteiger partial charge on any atom is 0.276 e. The van der Waals surface area contributed by atoms with E-state index in [1.165, 1.54) is 18.4 Å². The summed E-state index contributed by atoms with van der Waals surface area (Å²) in [5, 5.41) is 4.04. The number of amides is 1. The van der Waals surface area contributed by atoms with Crippen LogP contribution in [0.1, 0.15) is 53.3 Å². The molecule has 162 valence electrons. The van der Waals surface area contributed by atoms with E-state index >= 15 is 0 Å². The van der Waals surface area contributed by atoms with Gasteiger partial charge in [-0.2, -0.15) is 0 Å². The molecule has 4 rings (SSSR count). The maximum atomic E-state index is 12.8. The van der Waals surface area contributed by atoms with Crippen LogP contribution < -0.4 is 0 Å². The number of hydrogen-bond acceptors (Lipinski definition) is 5. The third-order valence-electron chi connectivity index (χ3n) is 6.25. The van der Waals surface area contributed by atoms with E-state index in [4.69, 9.17) is 4.52 Å². The fraction of sp³-hybridized carbons (Fsp3) is 0.400. The first kappa shape index (κ1) is 21.2. The Hall–Kier alpha value is -2.99. The molecule has 6 nitrogen and oxygen atoms in total. The highest BCUT2D eigenvalue weighted by molar-refractivity contribution is 5.92. The molecule has 1 aromatic carbocycles. The molecule has 1 atom stereocenters. The Morgan fingerprint density at radius 3 is 2.61 bits per heavy atom. The highest BCUT2D eigenvalue weighted by atomic mass is 16.5. The summed E-state index contributed by atoms with van der Waals surface area (Å²) < 4.78 is 5.49. The molecule has 0 spiro atoms. The van der Waals surface area contributed by atoms with Crippen molar-refractivity contribution in [2.75, 3.05) is 20.1 Å². The molecular weight excluding hydrogens is 388 g/mol. The van der Waals surface area contributed by atoms with Crippen LogP contribution in [0.3, 0.4) is 0 Å². The standard InChI is InChI=1S/C25H30N4O2/c1-19(23-10-6-7-13-26-23)28(2)25(30)24-17-22(31-27-24)18-29-14-11-21(12-15-29)16-20-8-4-3-5-9-20/h3-10,13,17,19,21H,11-12,14-16,18H2,1-2H3/t19-/m0/s1. The molecule has 3 heterocycles. The molecule has 1 aliphatic rings. The van der Waals surface area contributed by atoms with Crippen molar-refractivity contribution < 1.29 is 9.32 Å². The monoisotopic (exact) mass is 418 g/mol. The van der Waals surface area contributed by atoms with Crippen LogP contribution in [-0.2, 0) is 13.0 Å². The Kier molecular flexibility index (Phi) is 6.77. The maximum absolute atomic E-state index is 12.8. The van der Waals surface area contributed by atoms with Gasteiger partial charge in [-0.1, -0.05) is 41.6 Å². The first-order valence-corrected chi connectivity index (χ1v) is 11.0. The smallest absolute Gasteiger partial charge is 0.276 e. The lowest BCUT2D eigenvalue weighted by Gasteiger charge is -2.31. The Morgan fingerprint density at radius 2 is 1.90 bits per heavy atom. The molecule has 1 aliphatic heterocycles. The predicted molar refractivity (Wildman–Crippen MR) is 119 cm³/mol. The molecule has 0 unspecified atom stereocenters. The molecule has 31 heavy (non-hydrogen) atoms. The Balaban J connectivity index is 1.29. The third kappa shape index (κ3) is 5.39. The van der Waals surface area contributed by atoms with E-state index < -0.39 is 0 Å². The van der Waals surface area contributed by atoms with Crippen molar-refractivity contribution >= 4 is 5.91 Å². The van der Waals surface area contributed by atoms with Crippen LogP contribution in [0.25, 0.3) is 0 Å². The van der Waals surface area contributed by atoms with Crippen LogP contribution in [0, 0.1) is 5.92 Å². The Morgan fingerprint density at radius 1 is 1.16 bits per heavy atom. The van der Waals surface area contributed by atoms with Crippen molar-refractivity contribution in [2.45, 2.75) is 38.8 Å². The minimum atomic E-state index is -0.158. The van der Waals surface area contributed by atoms with E-state index in [0.29, 0.717) is 12.2 Å².